The molecular formula is C27H29FN4O6S. The number of nitrogens with one attached hydrogen (secondary N) is 1. The summed E-state index contributed by atoms with van der Waals surface area (Å²) < 4.78 is 42.6. The zero-order chi connectivity index (χ0) is 28.6. The molecule has 2 amide bonds. The first kappa shape index (κ1) is 29.2. The van der Waals surface area contributed by atoms with Crippen LogP contribution in [0.3, 0.4) is 0 Å². The molecule has 1 N–H and O–H groups in total. The Bertz CT molecular complexity index is 1420. The third-order valence-electron chi connectivity index (χ3n) is 5.97. The second kappa shape index (κ2) is 13.0. The minimum Gasteiger partial charge on any atom is -0.354 e. The summed E-state index contributed by atoms with van der Waals surface area (Å²) in [5, 5.41) is 13.8. The molecule has 0 radical (unpaired) electrons. The maximum absolute atomic E-state index is 14.5. The van der Waals surface area contributed by atoms with E-state index in [4.69, 9.17) is 0 Å². The molecule has 1 unspecified atom stereocenters. The van der Waals surface area contributed by atoms with Crippen LogP contribution in [0.4, 0.5) is 15.8 Å². The summed E-state index contributed by atoms with van der Waals surface area (Å²) in [7, 11) is -4.32. The number of nitrogens with zero attached hydrogens (tertiary/aromatic N) is 3. The number of hydrogen-bond acceptors (Lipinski definition) is 6. The summed E-state index contributed by atoms with van der Waals surface area (Å²) in [5.74, 6) is -1.83. The van der Waals surface area contributed by atoms with E-state index in [0.717, 1.165) is 21.3 Å². The number of halogens is 1. The van der Waals surface area contributed by atoms with Gasteiger partial charge in [-0.1, -0.05) is 43.3 Å². The average molecular weight is 557 g/mol. The smallest absolute Gasteiger partial charge is 0.269 e. The van der Waals surface area contributed by atoms with E-state index in [1.165, 1.54) is 61.5 Å². The first-order chi connectivity index (χ1) is 18.6. The Morgan fingerprint density at radius 1 is 1.00 bits per heavy atom. The van der Waals surface area contributed by atoms with Crippen LogP contribution in [-0.2, 0) is 26.2 Å². The number of anilines is 1. The van der Waals surface area contributed by atoms with Crippen LogP contribution in [0.5, 0.6) is 0 Å². The maximum atomic E-state index is 14.5. The largest absolute Gasteiger partial charge is 0.354 e. The summed E-state index contributed by atoms with van der Waals surface area (Å²) in [5.41, 5.74) is -0.106. The molecule has 0 bridgehead atoms. The Morgan fingerprint density at radius 3 is 2.21 bits per heavy atom. The predicted molar refractivity (Wildman–Crippen MR) is 144 cm³/mol. The van der Waals surface area contributed by atoms with E-state index in [0.29, 0.717) is 13.0 Å². The lowest BCUT2D eigenvalue weighted by atomic mass is 10.1. The van der Waals surface area contributed by atoms with Crippen molar-refractivity contribution in [1.29, 1.82) is 0 Å². The summed E-state index contributed by atoms with van der Waals surface area (Å²) >= 11 is 0. The van der Waals surface area contributed by atoms with E-state index >= 15 is 0 Å². The van der Waals surface area contributed by atoms with Gasteiger partial charge >= 0.3 is 0 Å². The SMILES string of the molecule is CCCNC(=O)C(C)N(Cc1ccccc1F)C(=O)CN(c1ccc([N+](=O)[O-])cc1)S(=O)(=O)c1ccccc1. The van der Waals surface area contributed by atoms with Gasteiger partial charge in [0.05, 0.1) is 15.5 Å². The summed E-state index contributed by atoms with van der Waals surface area (Å²) in [6, 6.07) is 16.8. The molecule has 3 aromatic rings. The van der Waals surface area contributed by atoms with Gasteiger partial charge in [0.15, 0.2) is 0 Å². The van der Waals surface area contributed by atoms with E-state index in [2.05, 4.69) is 5.32 Å². The van der Waals surface area contributed by atoms with Crippen LogP contribution in [0, 0.1) is 15.9 Å². The van der Waals surface area contributed by atoms with Gasteiger partial charge in [-0.2, -0.15) is 0 Å². The molecule has 0 saturated heterocycles. The molecule has 39 heavy (non-hydrogen) atoms. The molecule has 0 saturated carbocycles. The molecule has 3 aromatic carbocycles. The molecular weight excluding hydrogens is 527 g/mol. The maximum Gasteiger partial charge on any atom is 0.269 e. The van der Waals surface area contributed by atoms with E-state index in [1.54, 1.807) is 12.1 Å². The fourth-order valence-corrected chi connectivity index (χ4v) is 5.21. The first-order valence-electron chi connectivity index (χ1n) is 12.2. The van der Waals surface area contributed by atoms with Crippen LogP contribution in [-0.4, -0.2) is 49.2 Å². The normalized spacial score (nSPS) is 11.9. The summed E-state index contributed by atoms with van der Waals surface area (Å²) in [6.45, 7) is 2.68. The molecule has 10 nitrogen and oxygen atoms in total. The van der Waals surface area contributed by atoms with Crippen molar-refractivity contribution in [3.63, 3.8) is 0 Å². The van der Waals surface area contributed by atoms with Gasteiger partial charge in [0.1, 0.15) is 18.4 Å². The number of carbonyl (C=O) groups is 2. The average Bonchev–Trinajstić information content (AvgIpc) is 2.94. The number of rotatable bonds is 12. The van der Waals surface area contributed by atoms with Crippen molar-refractivity contribution < 1.29 is 27.3 Å². The number of non-ortho nitro benzene ring substituents is 1. The fourth-order valence-electron chi connectivity index (χ4n) is 3.78. The number of sulfonamides is 1. The molecule has 12 heteroatoms. The Hall–Kier alpha value is -4.32. The van der Waals surface area contributed by atoms with E-state index in [-0.39, 0.29) is 28.4 Å². The van der Waals surface area contributed by atoms with Crippen LogP contribution in [0.1, 0.15) is 25.8 Å². The first-order valence-corrected chi connectivity index (χ1v) is 13.6. The van der Waals surface area contributed by atoms with Crippen molar-refractivity contribution in [2.75, 3.05) is 17.4 Å². The molecule has 1 atom stereocenters. The topological polar surface area (TPSA) is 130 Å². The second-order valence-corrected chi connectivity index (χ2v) is 10.5. The van der Waals surface area contributed by atoms with Crippen LogP contribution >= 0.6 is 0 Å². The van der Waals surface area contributed by atoms with Crippen molar-refractivity contribution in [1.82, 2.24) is 10.2 Å². The van der Waals surface area contributed by atoms with Crippen LogP contribution < -0.4 is 9.62 Å². The molecule has 0 aliphatic heterocycles. The van der Waals surface area contributed by atoms with E-state index in [1.807, 2.05) is 6.92 Å². The molecule has 0 heterocycles. The highest BCUT2D eigenvalue weighted by atomic mass is 32.2. The zero-order valence-corrected chi connectivity index (χ0v) is 22.3. The highest BCUT2D eigenvalue weighted by molar-refractivity contribution is 7.92. The van der Waals surface area contributed by atoms with Crippen molar-refractivity contribution in [2.45, 2.75) is 37.8 Å². The van der Waals surface area contributed by atoms with Gasteiger partial charge in [0, 0.05) is 30.8 Å². The second-order valence-electron chi connectivity index (χ2n) is 8.68. The molecule has 0 aliphatic carbocycles. The number of amides is 2. The van der Waals surface area contributed by atoms with Crippen LogP contribution in [0.2, 0.25) is 0 Å². The molecule has 206 valence electrons. The zero-order valence-electron chi connectivity index (χ0n) is 21.5. The van der Waals surface area contributed by atoms with Crippen molar-refractivity contribution in [3.05, 3.63) is 100 Å². The van der Waals surface area contributed by atoms with Gasteiger partial charge in [0.25, 0.3) is 15.7 Å². The van der Waals surface area contributed by atoms with Gasteiger partial charge in [-0.05, 0) is 43.7 Å². The third-order valence-corrected chi connectivity index (χ3v) is 7.76. The molecule has 0 spiro atoms. The lowest BCUT2D eigenvalue weighted by Crippen LogP contribution is -2.51. The number of hydrogen-bond donors (Lipinski definition) is 1. The van der Waals surface area contributed by atoms with Crippen molar-refractivity contribution >= 4 is 33.2 Å². The highest BCUT2D eigenvalue weighted by Crippen LogP contribution is 2.26. The summed E-state index contributed by atoms with van der Waals surface area (Å²) in [4.78, 5) is 38.0. The highest BCUT2D eigenvalue weighted by Gasteiger charge is 2.33. The molecule has 0 aliphatic rings. The Labute approximate surface area is 226 Å². The van der Waals surface area contributed by atoms with Crippen molar-refractivity contribution in [2.24, 2.45) is 0 Å². The number of benzene rings is 3. The summed E-state index contributed by atoms with van der Waals surface area (Å²) in [6.07, 6.45) is 0.656. The fraction of sp³-hybridized carbons (Fsp3) is 0.259. The monoisotopic (exact) mass is 556 g/mol. The molecule has 3 rings (SSSR count). The van der Waals surface area contributed by atoms with Gasteiger partial charge in [-0.15, -0.1) is 0 Å². The minimum atomic E-state index is -4.32. The van der Waals surface area contributed by atoms with Crippen molar-refractivity contribution in [3.8, 4) is 0 Å². The minimum absolute atomic E-state index is 0.00623. The standard InChI is InChI=1S/C27H29FN4O6S/c1-3-17-29-27(34)20(2)30(18-21-9-7-8-12-25(21)28)26(33)19-31(22-13-15-23(16-14-22)32(35)36)39(37,38)24-10-5-4-6-11-24/h4-16,20H,3,17-19H2,1-2H3,(H,29,34). The van der Waals surface area contributed by atoms with Crippen LogP contribution in [0.15, 0.2) is 83.8 Å². The lowest BCUT2D eigenvalue weighted by Gasteiger charge is -2.32. The number of nitro benzene ring substituents is 1. The number of carbonyl (C=O) groups excluding carboxylic acids is 2. The number of nitro groups is 1. The van der Waals surface area contributed by atoms with E-state index in [9.17, 15) is 32.5 Å². The quantitative estimate of drug-likeness (QED) is 0.266. The Morgan fingerprint density at radius 2 is 1.62 bits per heavy atom. The van der Waals surface area contributed by atoms with Gasteiger partial charge in [-0.25, -0.2) is 12.8 Å². The predicted octanol–water partition coefficient (Wildman–Crippen LogP) is 3.87. The van der Waals surface area contributed by atoms with Crippen LogP contribution in [0.25, 0.3) is 0 Å². The lowest BCUT2D eigenvalue weighted by molar-refractivity contribution is -0.384. The molecule has 0 fully saturated rings. The Kier molecular flexibility index (Phi) is 9.72. The Balaban J connectivity index is 2.03. The van der Waals surface area contributed by atoms with Gasteiger partial charge in [-0.3, -0.25) is 24.0 Å². The van der Waals surface area contributed by atoms with E-state index < -0.39 is 45.2 Å². The molecule has 0 aromatic heterocycles. The van der Waals surface area contributed by atoms with Gasteiger partial charge in [0.2, 0.25) is 11.8 Å². The van der Waals surface area contributed by atoms with Gasteiger partial charge < -0.3 is 10.2 Å². The third kappa shape index (κ3) is 7.17.